The van der Waals surface area contributed by atoms with Crippen LogP contribution in [0.2, 0.25) is 0 Å². The Morgan fingerprint density at radius 2 is 2.00 bits per heavy atom. The highest BCUT2D eigenvalue weighted by Gasteiger charge is 2.19. The molecule has 21 heavy (non-hydrogen) atoms. The van der Waals surface area contributed by atoms with Gasteiger partial charge in [0.15, 0.2) is 0 Å². The third kappa shape index (κ3) is 4.29. The Kier molecular flexibility index (Phi) is 5.33. The van der Waals surface area contributed by atoms with E-state index in [4.69, 9.17) is 5.73 Å². The Bertz CT molecular complexity index is 494. The van der Waals surface area contributed by atoms with Gasteiger partial charge in [-0.3, -0.25) is 10.1 Å². The van der Waals surface area contributed by atoms with Crippen molar-refractivity contribution < 1.29 is 9.59 Å². The maximum atomic E-state index is 11.5. The first-order chi connectivity index (χ1) is 10.1. The lowest BCUT2D eigenvalue weighted by molar-refractivity contribution is -0.120. The molecule has 0 aliphatic carbocycles. The van der Waals surface area contributed by atoms with Crippen molar-refractivity contribution in [3.8, 4) is 0 Å². The molecule has 0 spiro atoms. The summed E-state index contributed by atoms with van der Waals surface area (Å²) in [5.41, 5.74) is 8.44. The highest BCUT2D eigenvalue weighted by molar-refractivity contribution is 5.94. The molecule has 1 aliphatic rings. The lowest BCUT2D eigenvalue weighted by atomic mass is 9.85. The standard InChI is InChI=1S/C16H23N3O2/c1-11(17)13-6-2-3-7-14(13)12-5-4-8-15(20)19-16(21)18-10-9-12/h2-3,6-7,11-12H,4-5,8-10,17H2,1H3,(H2,18,19,20,21)/t11?,12-/m0/s1. The smallest absolute Gasteiger partial charge is 0.321 e. The van der Waals surface area contributed by atoms with Gasteiger partial charge < -0.3 is 11.1 Å². The Morgan fingerprint density at radius 1 is 1.24 bits per heavy atom. The molecule has 1 aromatic rings. The summed E-state index contributed by atoms with van der Waals surface area (Å²) < 4.78 is 0. The van der Waals surface area contributed by atoms with E-state index in [0.717, 1.165) is 24.8 Å². The predicted molar refractivity (Wildman–Crippen MR) is 81.8 cm³/mol. The summed E-state index contributed by atoms with van der Waals surface area (Å²) in [5, 5.41) is 5.05. The monoisotopic (exact) mass is 289 g/mol. The highest BCUT2D eigenvalue weighted by Crippen LogP contribution is 2.30. The Balaban J connectivity index is 2.17. The van der Waals surface area contributed by atoms with Gasteiger partial charge in [0.05, 0.1) is 0 Å². The lowest BCUT2D eigenvalue weighted by Gasteiger charge is -2.23. The summed E-state index contributed by atoms with van der Waals surface area (Å²) in [7, 11) is 0. The number of amides is 3. The van der Waals surface area contributed by atoms with E-state index >= 15 is 0 Å². The van der Waals surface area contributed by atoms with Gasteiger partial charge in [-0.05, 0) is 43.2 Å². The van der Waals surface area contributed by atoms with E-state index < -0.39 is 6.03 Å². The summed E-state index contributed by atoms with van der Waals surface area (Å²) in [5.74, 6) is 0.104. The van der Waals surface area contributed by atoms with Crippen LogP contribution in [0.5, 0.6) is 0 Å². The Hall–Kier alpha value is -1.88. The van der Waals surface area contributed by atoms with E-state index in [0.29, 0.717) is 18.9 Å². The number of imide groups is 1. The highest BCUT2D eigenvalue weighted by atomic mass is 16.2. The van der Waals surface area contributed by atoms with Gasteiger partial charge in [0.2, 0.25) is 5.91 Å². The van der Waals surface area contributed by atoms with Gasteiger partial charge in [0.25, 0.3) is 0 Å². The number of urea groups is 1. The third-order valence-electron chi connectivity index (χ3n) is 3.91. The van der Waals surface area contributed by atoms with Crippen LogP contribution >= 0.6 is 0 Å². The molecule has 1 unspecified atom stereocenters. The van der Waals surface area contributed by atoms with Crippen molar-refractivity contribution in [3.05, 3.63) is 35.4 Å². The van der Waals surface area contributed by atoms with Gasteiger partial charge in [-0.15, -0.1) is 0 Å². The van der Waals surface area contributed by atoms with Crippen LogP contribution in [0.1, 0.15) is 55.7 Å². The van der Waals surface area contributed by atoms with Crippen LogP contribution in [0.15, 0.2) is 24.3 Å². The van der Waals surface area contributed by atoms with Crippen LogP contribution in [0, 0.1) is 0 Å². The fraction of sp³-hybridized carbons (Fsp3) is 0.500. The number of benzene rings is 1. The lowest BCUT2D eigenvalue weighted by Crippen LogP contribution is -2.40. The van der Waals surface area contributed by atoms with E-state index in [-0.39, 0.29) is 11.9 Å². The van der Waals surface area contributed by atoms with Crippen molar-refractivity contribution in [1.29, 1.82) is 0 Å². The van der Waals surface area contributed by atoms with Crippen LogP contribution in [0.4, 0.5) is 4.79 Å². The van der Waals surface area contributed by atoms with Gasteiger partial charge in [-0.1, -0.05) is 24.3 Å². The van der Waals surface area contributed by atoms with Gasteiger partial charge in [-0.25, -0.2) is 4.79 Å². The molecule has 2 atom stereocenters. The van der Waals surface area contributed by atoms with Crippen molar-refractivity contribution in [2.45, 2.75) is 44.6 Å². The summed E-state index contributed by atoms with van der Waals surface area (Å²) in [6, 6.07) is 7.76. The molecule has 3 amide bonds. The second kappa shape index (κ2) is 7.22. The number of carbonyl (C=O) groups is 2. The zero-order chi connectivity index (χ0) is 15.2. The minimum atomic E-state index is -0.402. The van der Waals surface area contributed by atoms with E-state index in [1.807, 2.05) is 19.1 Å². The molecule has 0 radical (unpaired) electrons. The second-order valence-electron chi connectivity index (χ2n) is 5.60. The van der Waals surface area contributed by atoms with Crippen LogP contribution < -0.4 is 16.4 Å². The number of rotatable bonds is 2. The molecule has 0 saturated carbocycles. The van der Waals surface area contributed by atoms with Crippen LogP contribution in [0.25, 0.3) is 0 Å². The first-order valence-electron chi connectivity index (χ1n) is 7.50. The molecule has 5 heteroatoms. The van der Waals surface area contributed by atoms with E-state index in [1.165, 1.54) is 5.56 Å². The molecule has 0 bridgehead atoms. The third-order valence-corrected chi connectivity index (χ3v) is 3.91. The van der Waals surface area contributed by atoms with Crippen molar-refractivity contribution in [2.75, 3.05) is 6.54 Å². The zero-order valence-electron chi connectivity index (χ0n) is 12.4. The van der Waals surface area contributed by atoms with E-state index in [2.05, 4.69) is 22.8 Å². The fourth-order valence-electron chi connectivity index (χ4n) is 2.85. The second-order valence-corrected chi connectivity index (χ2v) is 5.60. The summed E-state index contributed by atoms with van der Waals surface area (Å²) >= 11 is 0. The molecule has 1 fully saturated rings. The number of hydrogen-bond acceptors (Lipinski definition) is 3. The van der Waals surface area contributed by atoms with E-state index in [1.54, 1.807) is 0 Å². The van der Waals surface area contributed by atoms with Gasteiger partial charge in [0.1, 0.15) is 0 Å². The maximum Gasteiger partial charge on any atom is 0.321 e. The molecule has 4 N–H and O–H groups in total. The number of nitrogens with one attached hydrogen (secondary N) is 2. The minimum absolute atomic E-state index is 0.0190. The quantitative estimate of drug-likeness (QED) is 0.780. The van der Waals surface area contributed by atoms with Crippen molar-refractivity contribution in [2.24, 2.45) is 5.73 Å². The zero-order valence-corrected chi connectivity index (χ0v) is 12.4. The van der Waals surface area contributed by atoms with Crippen LogP contribution in [-0.2, 0) is 4.79 Å². The summed E-state index contributed by atoms with van der Waals surface area (Å²) in [4.78, 5) is 23.0. The van der Waals surface area contributed by atoms with E-state index in [9.17, 15) is 9.59 Å². The molecule has 1 aliphatic heterocycles. The van der Waals surface area contributed by atoms with Gasteiger partial charge >= 0.3 is 6.03 Å². The topological polar surface area (TPSA) is 84.2 Å². The average molecular weight is 289 g/mol. The summed E-state index contributed by atoms with van der Waals surface area (Å²) in [6.45, 7) is 2.53. The SMILES string of the molecule is CC(N)c1ccccc1[C@H]1CCCC(=O)NC(=O)NCC1. The van der Waals surface area contributed by atoms with Crippen LogP contribution in [-0.4, -0.2) is 18.5 Å². The average Bonchev–Trinajstić information content (AvgIpc) is 2.45. The van der Waals surface area contributed by atoms with Crippen molar-refractivity contribution in [1.82, 2.24) is 10.6 Å². The Labute approximate surface area is 125 Å². The molecule has 0 aromatic heterocycles. The van der Waals surface area contributed by atoms with Gasteiger partial charge in [0, 0.05) is 19.0 Å². The molecular formula is C16H23N3O2. The molecule has 114 valence electrons. The molecule has 1 heterocycles. The number of carbonyl (C=O) groups excluding carboxylic acids is 2. The number of hydrogen-bond donors (Lipinski definition) is 3. The molecule has 2 rings (SSSR count). The first-order valence-corrected chi connectivity index (χ1v) is 7.50. The fourth-order valence-corrected chi connectivity index (χ4v) is 2.85. The molecule has 1 aromatic carbocycles. The molecular weight excluding hydrogens is 266 g/mol. The molecule has 1 saturated heterocycles. The first kappa shape index (κ1) is 15.5. The van der Waals surface area contributed by atoms with Crippen LogP contribution in [0.3, 0.4) is 0 Å². The minimum Gasteiger partial charge on any atom is -0.338 e. The summed E-state index contributed by atoms with van der Waals surface area (Å²) in [6.07, 6.45) is 2.93. The van der Waals surface area contributed by atoms with Gasteiger partial charge in [-0.2, -0.15) is 0 Å². The van der Waals surface area contributed by atoms with Crippen molar-refractivity contribution in [3.63, 3.8) is 0 Å². The normalized spacial score (nSPS) is 22.1. The van der Waals surface area contributed by atoms with Crippen molar-refractivity contribution >= 4 is 11.9 Å². The largest absolute Gasteiger partial charge is 0.338 e. The number of nitrogens with two attached hydrogens (primary N) is 1. The predicted octanol–water partition coefficient (Wildman–Crippen LogP) is 2.19. The Morgan fingerprint density at radius 3 is 2.76 bits per heavy atom. The maximum absolute atomic E-state index is 11.5. The molecule has 5 nitrogen and oxygen atoms in total.